The molecule has 0 aliphatic carbocycles. The number of hydrogen-bond acceptors (Lipinski definition) is 8. The average Bonchev–Trinajstić information content (AvgIpc) is 3.30. The molecule has 62 heavy (non-hydrogen) atoms. The topological polar surface area (TPSA) is 101 Å². The van der Waals surface area contributed by atoms with E-state index < -0.39 is 20.5 Å². The van der Waals surface area contributed by atoms with Gasteiger partial charge in [0, 0.05) is 13.2 Å². The Morgan fingerprint density at radius 3 is 1.27 bits per heavy atom. The smallest absolute Gasteiger partial charge is 0.252 e. The highest BCUT2D eigenvalue weighted by atomic mass is 28.4. The molecule has 0 saturated heterocycles. The summed E-state index contributed by atoms with van der Waals surface area (Å²) in [6.07, 6.45) is 2.25. The Bertz CT molecular complexity index is 2170. The van der Waals surface area contributed by atoms with Gasteiger partial charge in [0.1, 0.15) is 23.0 Å². The summed E-state index contributed by atoms with van der Waals surface area (Å²) in [6.45, 7) is 10.6. The maximum Gasteiger partial charge on any atom is 0.252 e. The van der Waals surface area contributed by atoms with Gasteiger partial charge >= 0.3 is 0 Å². The Labute approximate surface area is 368 Å². The molecule has 0 amide bonds. The van der Waals surface area contributed by atoms with Crippen molar-refractivity contribution in [3.8, 4) is 23.0 Å². The lowest BCUT2D eigenvalue weighted by atomic mass is 10.1. The van der Waals surface area contributed by atoms with Crippen LogP contribution in [0.1, 0.15) is 48.9 Å². The van der Waals surface area contributed by atoms with E-state index in [-0.39, 0.29) is 31.4 Å². The van der Waals surface area contributed by atoms with Crippen LogP contribution >= 0.6 is 0 Å². The number of aliphatic hydroxyl groups is 1. The molecule has 0 radical (unpaired) electrons. The van der Waals surface area contributed by atoms with E-state index in [9.17, 15) is 9.59 Å². The van der Waals surface area contributed by atoms with Crippen LogP contribution in [0.25, 0.3) is 0 Å². The highest BCUT2D eigenvalue weighted by Gasteiger charge is 2.33. The summed E-state index contributed by atoms with van der Waals surface area (Å²) in [5, 5.41) is 11.4. The summed E-state index contributed by atoms with van der Waals surface area (Å²) in [4.78, 5) is 24.6. The van der Waals surface area contributed by atoms with E-state index in [0.29, 0.717) is 29.6 Å². The summed E-state index contributed by atoms with van der Waals surface area (Å²) >= 11 is 0. The number of hydrogen-bond donors (Lipinski definition) is 1. The fraction of sp³-hybridized carbons (Fsp3) is 0.283. The van der Waals surface area contributed by atoms with Crippen LogP contribution < -0.4 is 29.3 Å². The van der Waals surface area contributed by atoms with Crippen molar-refractivity contribution in [2.45, 2.75) is 72.1 Å². The molecule has 6 aromatic rings. The van der Waals surface area contributed by atoms with Crippen molar-refractivity contribution in [3.63, 3.8) is 0 Å². The summed E-state index contributed by atoms with van der Waals surface area (Å²) in [7, 11) is -2.27. The SMILES string of the molecule is Cc1ccc(OCC(=O)C(C)Oc2ccc(CCCO)cc2)cc1.Cc1ccc(OCC(=O)C(C)Oc2ccc(CCCO[Si](C)(c3ccccc3)c3ccccc3)cc2)cc1. The molecule has 2 unspecified atom stereocenters. The van der Waals surface area contributed by atoms with Crippen molar-refractivity contribution >= 4 is 30.3 Å². The first-order chi connectivity index (χ1) is 30.0. The summed E-state index contributed by atoms with van der Waals surface area (Å²) in [5.41, 5.74) is 4.65. The highest BCUT2D eigenvalue weighted by molar-refractivity contribution is 6.96. The zero-order valence-corrected chi connectivity index (χ0v) is 37.6. The Morgan fingerprint density at radius 2 is 0.887 bits per heavy atom. The van der Waals surface area contributed by atoms with Crippen LogP contribution in [0.2, 0.25) is 6.55 Å². The fourth-order valence-electron chi connectivity index (χ4n) is 6.50. The van der Waals surface area contributed by atoms with Crippen LogP contribution in [0.15, 0.2) is 158 Å². The molecule has 2 atom stereocenters. The van der Waals surface area contributed by atoms with Gasteiger partial charge in [-0.15, -0.1) is 0 Å². The van der Waals surface area contributed by atoms with E-state index in [0.717, 1.165) is 42.4 Å². The molecule has 1 N–H and O–H groups in total. The number of aliphatic hydroxyl groups excluding tert-OH is 1. The Kier molecular flexibility index (Phi) is 18.5. The molecule has 0 aliphatic heterocycles. The molecule has 0 saturated carbocycles. The minimum atomic E-state index is -2.27. The molecule has 6 aromatic carbocycles. The van der Waals surface area contributed by atoms with Crippen molar-refractivity contribution in [2.24, 2.45) is 0 Å². The van der Waals surface area contributed by atoms with E-state index in [1.807, 2.05) is 111 Å². The van der Waals surface area contributed by atoms with Crippen LogP contribution in [-0.2, 0) is 26.9 Å². The number of ketones is 2. The third-order valence-electron chi connectivity index (χ3n) is 10.5. The average molecular weight is 853 g/mol. The van der Waals surface area contributed by atoms with Crippen molar-refractivity contribution in [3.05, 3.63) is 180 Å². The van der Waals surface area contributed by atoms with Gasteiger partial charge < -0.3 is 28.5 Å². The largest absolute Gasteiger partial charge is 0.486 e. The predicted molar refractivity (Wildman–Crippen MR) is 250 cm³/mol. The van der Waals surface area contributed by atoms with E-state index in [2.05, 4.69) is 67.2 Å². The molecule has 0 bridgehead atoms. The molecular weight excluding hydrogens is 793 g/mol. The quantitative estimate of drug-likeness (QED) is 0.0534. The van der Waals surface area contributed by atoms with Crippen LogP contribution in [0.3, 0.4) is 0 Å². The minimum Gasteiger partial charge on any atom is -0.486 e. The summed E-state index contributed by atoms with van der Waals surface area (Å²) < 4.78 is 29.3. The van der Waals surface area contributed by atoms with Crippen molar-refractivity contribution in [1.29, 1.82) is 0 Å². The normalized spacial score (nSPS) is 12.0. The summed E-state index contributed by atoms with van der Waals surface area (Å²) in [5.74, 6) is 2.47. The van der Waals surface area contributed by atoms with E-state index in [1.54, 1.807) is 13.8 Å². The fourth-order valence-corrected chi connectivity index (χ4v) is 9.38. The zero-order chi connectivity index (χ0) is 44.2. The predicted octanol–water partition coefficient (Wildman–Crippen LogP) is 9.08. The maximum absolute atomic E-state index is 12.5. The van der Waals surface area contributed by atoms with E-state index in [1.165, 1.54) is 15.9 Å². The first-order valence-electron chi connectivity index (χ1n) is 21.3. The van der Waals surface area contributed by atoms with Gasteiger partial charge in [-0.05, 0) is 130 Å². The number of carbonyl (C=O) groups is 2. The number of ether oxygens (including phenoxy) is 4. The van der Waals surface area contributed by atoms with Gasteiger partial charge in [-0.25, -0.2) is 0 Å². The van der Waals surface area contributed by atoms with Gasteiger partial charge in [-0.3, -0.25) is 9.59 Å². The second-order valence-electron chi connectivity index (χ2n) is 15.5. The molecular formula is C53H60O8Si. The molecule has 8 nitrogen and oxygen atoms in total. The van der Waals surface area contributed by atoms with Gasteiger partial charge in [0.25, 0.3) is 8.32 Å². The second-order valence-corrected chi connectivity index (χ2v) is 19.0. The number of carbonyl (C=O) groups excluding carboxylic acids is 2. The number of aryl methyl sites for hydroxylation is 4. The van der Waals surface area contributed by atoms with Crippen molar-refractivity contribution < 1.29 is 38.1 Å². The maximum atomic E-state index is 12.5. The lowest BCUT2D eigenvalue weighted by molar-refractivity contribution is -0.127. The Hall–Kier alpha value is -6.00. The molecule has 324 valence electrons. The number of Topliss-reactive ketones (excluding diaryl/α,β-unsaturated/α-hetero) is 2. The van der Waals surface area contributed by atoms with Crippen molar-refractivity contribution in [1.82, 2.24) is 0 Å². The molecule has 0 aromatic heterocycles. The minimum absolute atomic E-state index is 0.0151. The first-order valence-corrected chi connectivity index (χ1v) is 23.7. The Balaban J connectivity index is 0.000000260. The third-order valence-corrected chi connectivity index (χ3v) is 14.1. The van der Waals surface area contributed by atoms with Crippen LogP contribution in [-0.4, -0.2) is 63.6 Å². The van der Waals surface area contributed by atoms with E-state index >= 15 is 0 Å². The van der Waals surface area contributed by atoms with Crippen LogP contribution in [0.5, 0.6) is 23.0 Å². The lowest BCUT2D eigenvalue weighted by Crippen LogP contribution is -2.58. The lowest BCUT2D eigenvalue weighted by Gasteiger charge is -2.28. The van der Waals surface area contributed by atoms with Crippen LogP contribution in [0.4, 0.5) is 0 Å². The summed E-state index contributed by atoms with van der Waals surface area (Å²) in [6, 6.07) is 51.9. The first kappa shape index (κ1) is 47.1. The highest BCUT2D eigenvalue weighted by Crippen LogP contribution is 2.19. The van der Waals surface area contributed by atoms with Crippen LogP contribution in [0, 0.1) is 13.8 Å². The second kappa shape index (κ2) is 24.4. The van der Waals surface area contributed by atoms with Gasteiger partial charge in [0.15, 0.2) is 25.4 Å². The van der Waals surface area contributed by atoms with Gasteiger partial charge in [0.2, 0.25) is 11.6 Å². The monoisotopic (exact) mass is 852 g/mol. The van der Waals surface area contributed by atoms with Gasteiger partial charge in [-0.1, -0.05) is 120 Å². The molecule has 9 heteroatoms. The molecule has 6 rings (SSSR count). The molecule has 0 heterocycles. The van der Waals surface area contributed by atoms with E-state index in [4.69, 9.17) is 28.5 Å². The standard InChI is InChI=1S/C33H36O4Si.C20H24O4/c1-26-16-20-29(21-17-26)35-25-33(34)27(2)37-30-22-18-28(19-23-30)11-10-24-36-38(3,31-12-6-4-7-13-31)32-14-8-5-9-15-32;1-15-5-9-18(10-6-15)23-14-20(22)16(2)24-19-11-7-17(8-12-19)4-3-13-21/h4-9,12-23,27H,10-11,24-25H2,1-3H3;5-12,16,21H,3-4,13-14H2,1-2H3. The molecule has 0 fully saturated rings. The third kappa shape index (κ3) is 15.2. The van der Waals surface area contributed by atoms with Crippen molar-refractivity contribution in [2.75, 3.05) is 26.4 Å². The zero-order valence-electron chi connectivity index (χ0n) is 36.6. The molecule has 0 aliphatic rings. The van der Waals surface area contributed by atoms with Gasteiger partial charge in [-0.2, -0.15) is 0 Å². The van der Waals surface area contributed by atoms with Gasteiger partial charge in [0.05, 0.1) is 0 Å². The number of benzene rings is 6. The number of rotatable bonds is 22. The Morgan fingerprint density at radius 1 is 0.516 bits per heavy atom. The molecule has 0 spiro atoms.